The molecule has 1 N–H and O–H groups in total. The number of carboxylic acid groups (broad SMARTS) is 1. The highest BCUT2D eigenvalue weighted by Gasteiger charge is 2.27. The van der Waals surface area contributed by atoms with Crippen molar-refractivity contribution in [3.8, 4) is 0 Å². The van der Waals surface area contributed by atoms with Gasteiger partial charge in [-0.15, -0.1) is 0 Å². The van der Waals surface area contributed by atoms with Gasteiger partial charge in [-0.3, -0.25) is 0 Å². The molecule has 0 spiro atoms. The highest BCUT2D eigenvalue weighted by atomic mass is 16.4. The van der Waals surface area contributed by atoms with E-state index in [4.69, 9.17) is 0 Å². The Bertz CT molecular complexity index is 458. The number of benzene rings is 1. The lowest BCUT2D eigenvalue weighted by atomic mass is 9.95. The predicted octanol–water partition coefficient (Wildman–Crippen LogP) is 3.74. The molecule has 1 aromatic rings. The SMILES string of the molecule is CCN(CC)c1cccc(C2CCCCN2C(=O)O)c1. The van der Waals surface area contributed by atoms with Crippen molar-refractivity contribution in [1.82, 2.24) is 4.90 Å². The smallest absolute Gasteiger partial charge is 0.407 e. The average Bonchev–Trinajstić information content (AvgIpc) is 2.49. The van der Waals surface area contributed by atoms with Crippen LogP contribution in [0.5, 0.6) is 0 Å². The molecule has 0 aromatic heterocycles. The molecule has 20 heavy (non-hydrogen) atoms. The predicted molar refractivity (Wildman–Crippen MR) is 81.3 cm³/mol. The van der Waals surface area contributed by atoms with E-state index < -0.39 is 6.09 Å². The van der Waals surface area contributed by atoms with Gasteiger partial charge in [-0.25, -0.2) is 4.79 Å². The highest BCUT2D eigenvalue weighted by Crippen LogP contribution is 2.32. The molecule has 0 aliphatic carbocycles. The van der Waals surface area contributed by atoms with Gasteiger partial charge < -0.3 is 14.9 Å². The fourth-order valence-corrected chi connectivity index (χ4v) is 3.02. The van der Waals surface area contributed by atoms with Gasteiger partial charge in [0.25, 0.3) is 0 Å². The fraction of sp³-hybridized carbons (Fsp3) is 0.562. The van der Waals surface area contributed by atoms with Gasteiger partial charge in [0, 0.05) is 25.3 Å². The van der Waals surface area contributed by atoms with E-state index in [1.807, 2.05) is 6.07 Å². The van der Waals surface area contributed by atoms with Gasteiger partial charge in [-0.2, -0.15) is 0 Å². The third kappa shape index (κ3) is 3.06. The summed E-state index contributed by atoms with van der Waals surface area (Å²) in [4.78, 5) is 15.3. The number of hydrogen-bond donors (Lipinski definition) is 1. The van der Waals surface area contributed by atoms with Gasteiger partial charge in [0.2, 0.25) is 0 Å². The molecule has 0 bridgehead atoms. The van der Waals surface area contributed by atoms with E-state index in [-0.39, 0.29) is 6.04 Å². The first-order valence-electron chi connectivity index (χ1n) is 7.51. The van der Waals surface area contributed by atoms with E-state index in [0.717, 1.165) is 37.9 Å². The quantitative estimate of drug-likeness (QED) is 0.911. The molecule has 1 unspecified atom stereocenters. The topological polar surface area (TPSA) is 43.8 Å². The number of rotatable bonds is 4. The van der Waals surface area contributed by atoms with Crippen LogP contribution in [-0.4, -0.2) is 35.7 Å². The molecule has 1 aliphatic rings. The van der Waals surface area contributed by atoms with Gasteiger partial charge in [0.05, 0.1) is 6.04 Å². The Morgan fingerprint density at radius 2 is 2.10 bits per heavy atom. The molecule has 110 valence electrons. The second-order valence-corrected chi connectivity index (χ2v) is 5.25. The first kappa shape index (κ1) is 14.7. The lowest BCUT2D eigenvalue weighted by Crippen LogP contribution is -2.37. The first-order valence-corrected chi connectivity index (χ1v) is 7.51. The lowest BCUT2D eigenvalue weighted by molar-refractivity contribution is 0.106. The Hall–Kier alpha value is -1.71. The van der Waals surface area contributed by atoms with Crippen molar-refractivity contribution < 1.29 is 9.90 Å². The molecular formula is C16H24N2O2. The van der Waals surface area contributed by atoms with Gasteiger partial charge >= 0.3 is 6.09 Å². The van der Waals surface area contributed by atoms with Crippen LogP contribution >= 0.6 is 0 Å². The van der Waals surface area contributed by atoms with Gasteiger partial charge in [0.1, 0.15) is 0 Å². The molecule has 2 rings (SSSR count). The summed E-state index contributed by atoms with van der Waals surface area (Å²) in [5.41, 5.74) is 2.31. The van der Waals surface area contributed by atoms with Gasteiger partial charge in [0.15, 0.2) is 0 Å². The lowest BCUT2D eigenvalue weighted by Gasteiger charge is -2.34. The van der Waals surface area contributed by atoms with E-state index in [2.05, 4.69) is 36.9 Å². The van der Waals surface area contributed by atoms with Crippen LogP contribution < -0.4 is 4.90 Å². The zero-order valence-corrected chi connectivity index (χ0v) is 12.4. The normalized spacial score (nSPS) is 18.9. The largest absolute Gasteiger partial charge is 0.465 e. The zero-order valence-electron chi connectivity index (χ0n) is 12.4. The molecule has 1 saturated heterocycles. The van der Waals surface area contributed by atoms with Crippen LogP contribution in [0.3, 0.4) is 0 Å². The van der Waals surface area contributed by atoms with Crippen LogP contribution in [0, 0.1) is 0 Å². The fourth-order valence-electron chi connectivity index (χ4n) is 3.02. The summed E-state index contributed by atoms with van der Waals surface area (Å²) >= 11 is 0. The van der Waals surface area contributed by atoms with Crippen molar-refractivity contribution in [2.75, 3.05) is 24.5 Å². The minimum Gasteiger partial charge on any atom is -0.465 e. The number of hydrogen-bond acceptors (Lipinski definition) is 2. The van der Waals surface area contributed by atoms with Crippen LogP contribution in [0.4, 0.5) is 10.5 Å². The zero-order chi connectivity index (χ0) is 14.5. The molecule has 4 heteroatoms. The van der Waals surface area contributed by atoms with Crippen molar-refractivity contribution in [2.24, 2.45) is 0 Å². The van der Waals surface area contributed by atoms with Crippen molar-refractivity contribution in [1.29, 1.82) is 0 Å². The molecule has 4 nitrogen and oxygen atoms in total. The summed E-state index contributed by atoms with van der Waals surface area (Å²) in [6.07, 6.45) is 2.19. The van der Waals surface area contributed by atoms with Crippen LogP contribution in [0.15, 0.2) is 24.3 Å². The molecule has 1 aliphatic heterocycles. The van der Waals surface area contributed by atoms with E-state index in [0.29, 0.717) is 6.54 Å². The monoisotopic (exact) mass is 276 g/mol. The maximum Gasteiger partial charge on any atom is 0.407 e. The van der Waals surface area contributed by atoms with E-state index in [9.17, 15) is 9.90 Å². The maximum absolute atomic E-state index is 11.4. The Labute approximate surface area is 121 Å². The van der Waals surface area contributed by atoms with Crippen LogP contribution in [0.25, 0.3) is 0 Å². The Morgan fingerprint density at radius 1 is 1.35 bits per heavy atom. The van der Waals surface area contributed by atoms with Gasteiger partial charge in [-0.1, -0.05) is 12.1 Å². The van der Waals surface area contributed by atoms with Gasteiger partial charge in [-0.05, 0) is 50.8 Å². The average molecular weight is 276 g/mol. The number of amides is 1. The van der Waals surface area contributed by atoms with Crippen molar-refractivity contribution in [2.45, 2.75) is 39.2 Å². The Morgan fingerprint density at radius 3 is 2.75 bits per heavy atom. The van der Waals surface area contributed by atoms with Crippen molar-refractivity contribution >= 4 is 11.8 Å². The van der Waals surface area contributed by atoms with Crippen molar-refractivity contribution in [3.05, 3.63) is 29.8 Å². The number of piperidine rings is 1. The van der Waals surface area contributed by atoms with Crippen molar-refractivity contribution in [3.63, 3.8) is 0 Å². The molecule has 0 saturated carbocycles. The van der Waals surface area contributed by atoms with Crippen LogP contribution in [-0.2, 0) is 0 Å². The second kappa shape index (κ2) is 6.64. The third-order valence-electron chi connectivity index (χ3n) is 4.13. The highest BCUT2D eigenvalue weighted by molar-refractivity contribution is 5.66. The number of likely N-dealkylation sites (tertiary alicyclic amines) is 1. The van der Waals surface area contributed by atoms with E-state index >= 15 is 0 Å². The molecular weight excluding hydrogens is 252 g/mol. The summed E-state index contributed by atoms with van der Waals surface area (Å²) < 4.78 is 0. The minimum atomic E-state index is -0.803. The molecule has 1 amide bonds. The Balaban J connectivity index is 2.26. The summed E-state index contributed by atoms with van der Waals surface area (Å²) in [5.74, 6) is 0. The number of carbonyl (C=O) groups is 1. The maximum atomic E-state index is 11.4. The summed E-state index contributed by atoms with van der Waals surface area (Å²) in [6.45, 7) is 6.86. The van der Waals surface area contributed by atoms with E-state index in [1.165, 1.54) is 5.69 Å². The number of anilines is 1. The summed E-state index contributed by atoms with van der Waals surface area (Å²) in [5, 5.41) is 9.36. The number of nitrogens with zero attached hydrogens (tertiary/aromatic N) is 2. The molecule has 0 radical (unpaired) electrons. The first-order chi connectivity index (χ1) is 9.67. The van der Waals surface area contributed by atoms with E-state index in [1.54, 1.807) is 4.90 Å². The summed E-state index contributed by atoms with van der Waals surface area (Å²) in [6, 6.07) is 8.36. The second-order valence-electron chi connectivity index (χ2n) is 5.25. The molecule has 1 heterocycles. The third-order valence-corrected chi connectivity index (χ3v) is 4.13. The summed E-state index contributed by atoms with van der Waals surface area (Å²) in [7, 11) is 0. The minimum absolute atomic E-state index is 0.0109. The molecule has 1 fully saturated rings. The Kier molecular flexibility index (Phi) is 4.88. The standard InChI is InChI=1S/C16H24N2O2/c1-3-17(4-2)14-9-7-8-13(12-14)15-10-5-6-11-18(15)16(19)20/h7-9,12,15H,3-6,10-11H2,1-2H3,(H,19,20). The van der Waals surface area contributed by atoms with Crippen LogP contribution in [0.2, 0.25) is 0 Å². The molecule has 1 atom stereocenters. The van der Waals surface area contributed by atoms with Crippen LogP contribution in [0.1, 0.15) is 44.7 Å². The molecule has 1 aromatic carbocycles.